The van der Waals surface area contributed by atoms with Gasteiger partial charge in [0.25, 0.3) is 0 Å². The van der Waals surface area contributed by atoms with Crippen LogP contribution in [0.2, 0.25) is 18.1 Å². The van der Waals surface area contributed by atoms with Crippen molar-refractivity contribution in [2.75, 3.05) is 13.1 Å². The highest BCUT2D eigenvalue weighted by molar-refractivity contribution is 7.91. The van der Waals surface area contributed by atoms with E-state index in [1.165, 1.54) is 5.56 Å². The van der Waals surface area contributed by atoms with Crippen LogP contribution in [0.5, 0.6) is 5.75 Å². The lowest BCUT2D eigenvalue weighted by Crippen LogP contribution is -2.43. The van der Waals surface area contributed by atoms with E-state index in [2.05, 4.69) is 39.2 Å². The largest absolute Gasteiger partial charge is 0.543 e. The van der Waals surface area contributed by atoms with Gasteiger partial charge in [-0.05, 0) is 85.5 Å². The monoisotopic (exact) mass is 417 g/mol. The molecule has 0 spiro atoms. The summed E-state index contributed by atoms with van der Waals surface area (Å²) in [4.78, 5) is 0.646. The van der Waals surface area contributed by atoms with Crippen LogP contribution in [-0.4, -0.2) is 29.8 Å². The maximum absolute atomic E-state index is 13.3. The summed E-state index contributed by atoms with van der Waals surface area (Å²) in [6, 6.07) is 12.5. The van der Waals surface area contributed by atoms with Gasteiger partial charge in [0.2, 0.25) is 18.2 Å². The van der Waals surface area contributed by atoms with Gasteiger partial charge in [-0.25, -0.2) is 8.42 Å². The lowest BCUT2D eigenvalue weighted by atomic mass is 10.0. The van der Waals surface area contributed by atoms with E-state index in [0.717, 1.165) is 31.5 Å². The molecule has 0 saturated carbocycles. The molecule has 0 unspecified atom stereocenters. The Kier molecular flexibility index (Phi) is 5.76. The van der Waals surface area contributed by atoms with E-state index in [4.69, 9.17) is 4.43 Å². The van der Waals surface area contributed by atoms with Gasteiger partial charge in [0.15, 0.2) is 0 Å². The minimum Gasteiger partial charge on any atom is -0.543 e. The molecular formula is C22H31NO3SSi. The van der Waals surface area contributed by atoms with Gasteiger partial charge in [-0.2, -0.15) is 0 Å². The van der Waals surface area contributed by atoms with Crippen LogP contribution < -0.4 is 9.74 Å². The van der Waals surface area contributed by atoms with Crippen molar-refractivity contribution in [2.24, 2.45) is 0 Å². The Balaban J connectivity index is 1.94. The summed E-state index contributed by atoms with van der Waals surface area (Å²) in [5, 5.41) is 3.41. The molecule has 0 aromatic heterocycles. The number of fused-ring (bicyclic) bond motifs is 1. The van der Waals surface area contributed by atoms with Crippen molar-refractivity contribution in [3.8, 4) is 5.75 Å². The topological polar surface area (TPSA) is 55.4 Å². The lowest BCUT2D eigenvalue weighted by Gasteiger charge is -2.36. The molecular weight excluding hydrogens is 386 g/mol. The zero-order valence-corrected chi connectivity index (χ0v) is 19.3. The Labute approximate surface area is 170 Å². The fraction of sp³-hybridized carbons (Fsp3) is 0.455. The molecule has 2 aromatic carbocycles. The second-order valence-electron chi connectivity index (χ2n) is 9.02. The minimum absolute atomic E-state index is 0.0485. The molecule has 0 amide bonds. The van der Waals surface area contributed by atoms with Gasteiger partial charge in [-0.15, -0.1) is 0 Å². The quantitative estimate of drug-likeness (QED) is 0.739. The van der Waals surface area contributed by atoms with Crippen LogP contribution in [-0.2, 0) is 22.7 Å². The van der Waals surface area contributed by atoms with Crippen molar-refractivity contribution < 1.29 is 12.8 Å². The highest BCUT2D eigenvalue weighted by Crippen LogP contribution is 2.38. The van der Waals surface area contributed by atoms with Crippen molar-refractivity contribution in [1.29, 1.82) is 0 Å². The highest BCUT2D eigenvalue weighted by Gasteiger charge is 2.39. The number of nitrogens with one attached hydrogen (secondary N) is 1. The van der Waals surface area contributed by atoms with Gasteiger partial charge in [-0.3, -0.25) is 0 Å². The fourth-order valence-corrected chi connectivity index (χ4v) is 5.47. The van der Waals surface area contributed by atoms with E-state index in [1.807, 2.05) is 18.2 Å². The first kappa shape index (κ1) is 21.1. The molecule has 0 aliphatic carbocycles. The predicted octanol–water partition coefficient (Wildman–Crippen LogP) is 4.59. The molecule has 0 fully saturated rings. The molecule has 0 radical (unpaired) electrons. The first-order valence-corrected chi connectivity index (χ1v) is 14.3. The van der Waals surface area contributed by atoms with Gasteiger partial charge in [-0.1, -0.05) is 32.9 Å². The molecule has 1 heterocycles. The highest BCUT2D eigenvalue weighted by atomic mass is 32.2. The van der Waals surface area contributed by atoms with E-state index in [0.29, 0.717) is 10.6 Å². The third kappa shape index (κ3) is 4.34. The van der Waals surface area contributed by atoms with E-state index >= 15 is 0 Å². The molecule has 4 nitrogen and oxygen atoms in total. The number of sulfone groups is 1. The molecule has 152 valence electrons. The van der Waals surface area contributed by atoms with E-state index in [-0.39, 0.29) is 9.93 Å². The molecule has 6 heteroatoms. The van der Waals surface area contributed by atoms with Gasteiger partial charge in [0, 0.05) is 0 Å². The molecule has 3 rings (SSSR count). The number of rotatable bonds is 4. The van der Waals surface area contributed by atoms with Crippen molar-refractivity contribution in [3.63, 3.8) is 0 Å². The van der Waals surface area contributed by atoms with Gasteiger partial charge < -0.3 is 9.74 Å². The molecule has 1 N–H and O–H groups in total. The Morgan fingerprint density at radius 3 is 2.25 bits per heavy atom. The molecule has 2 aromatic rings. The third-order valence-corrected chi connectivity index (χ3v) is 12.0. The fourth-order valence-electron chi connectivity index (χ4n) is 3.11. The summed E-state index contributed by atoms with van der Waals surface area (Å²) < 4.78 is 32.8. The smallest absolute Gasteiger partial charge is 0.250 e. The van der Waals surface area contributed by atoms with Crippen molar-refractivity contribution >= 4 is 18.2 Å². The summed E-state index contributed by atoms with van der Waals surface area (Å²) in [5.74, 6) is 0.631. The van der Waals surface area contributed by atoms with Gasteiger partial charge >= 0.3 is 0 Å². The summed E-state index contributed by atoms with van der Waals surface area (Å²) >= 11 is 0. The predicted molar refractivity (Wildman–Crippen MR) is 116 cm³/mol. The molecule has 1 aliphatic rings. The first-order valence-electron chi connectivity index (χ1n) is 9.87. The standard InChI is InChI=1S/C22H31NO3SSi/c1-22(2,3)28(4,5)26-19-7-6-8-20(16-19)27(24,25)21-10-9-17-11-13-23-14-12-18(17)15-21/h6-10,15-16,23H,11-14H2,1-5H3. The Hall–Kier alpha value is -1.63. The Morgan fingerprint density at radius 1 is 0.929 bits per heavy atom. The summed E-state index contributed by atoms with van der Waals surface area (Å²) in [6.45, 7) is 12.7. The Bertz CT molecular complexity index is 962. The first-order chi connectivity index (χ1) is 13.0. The van der Waals surface area contributed by atoms with E-state index in [9.17, 15) is 8.42 Å². The summed E-state index contributed by atoms with van der Waals surface area (Å²) in [6.07, 6.45) is 1.79. The maximum Gasteiger partial charge on any atom is 0.250 e. The Morgan fingerprint density at radius 2 is 1.57 bits per heavy atom. The molecule has 0 bridgehead atoms. The van der Waals surface area contributed by atoms with Crippen molar-refractivity contribution in [3.05, 3.63) is 53.6 Å². The van der Waals surface area contributed by atoms with Crippen LogP contribution in [0.3, 0.4) is 0 Å². The van der Waals surface area contributed by atoms with Crippen LogP contribution in [0.4, 0.5) is 0 Å². The average molecular weight is 418 g/mol. The van der Waals surface area contributed by atoms with Crippen molar-refractivity contribution in [1.82, 2.24) is 5.32 Å². The van der Waals surface area contributed by atoms with E-state index < -0.39 is 18.2 Å². The number of benzene rings is 2. The van der Waals surface area contributed by atoms with Gasteiger partial charge in [0.1, 0.15) is 5.75 Å². The van der Waals surface area contributed by atoms with Crippen LogP contribution in [0, 0.1) is 0 Å². The molecule has 0 saturated heterocycles. The normalized spacial score (nSPS) is 15.6. The zero-order valence-electron chi connectivity index (χ0n) is 17.5. The van der Waals surface area contributed by atoms with Crippen LogP contribution in [0.1, 0.15) is 31.9 Å². The average Bonchev–Trinajstić information content (AvgIpc) is 2.85. The third-order valence-electron chi connectivity index (χ3n) is 5.93. The van der Waals surface area contributed by atoms with Gasteiger partial charge in [0.05, 0.1) is 9.79 Å². The van der Waals surface area contributed by atoms with E-state index in [1.54, 1.807) is 24.3 Å². The maximum atomic E-state index is 13.3. The molecule has 28 heavy (non-hydrogen) atoms. The van der Waals surface area contributed by atoms with Crippen LogP contribution in [0.15, 0.2) is 52.3 Å². The minimum atomic E-state index is -3.58. The lowest BCUT2D eigenvalue weighted by molar-refractivity contribution is 0.490. The van der Waals surface area contributed by atoms with Crippen LogP contribution in [0.25, 0.3) is 0 Å². The summed E-state index contributed by atoms with van der Waals surface area (Å²) in [7, 11) is -5.62. The zero-order chi connectivity index (χ0) is 20.6. The SMILES string of the molecule is CC(C)(C)[Si](C)(C)Oc1cccc(S(=O)(=O)c2ccc3c(c2)CCNCC3)c1. The second kappa shape index (κ2) is 7.65. The number of hydrogen-bond acceptors (Lipinski definition) is 4. The summed E-state index contributed by atoms with van der Waals surface area (Å²) in [5.41, 5.74) is 2.36. The van der Waals surface area contributed by atoms with Crippen molar-refractivity contribution in [2.45, 2.75) is 61.5 Å². The van der Waals surface area contributed by atoms with Crippen LogP contribution >= 0.6 is 0 Å². The molecule has 0 atom stereocenters. The molecule has 1 aliphatic heterocycles. The number of hydrogen-bond donors (Lipinski definition) is 1. The second-order valence-corrected chi connectivity index (χ2v) is 15.7.